The average Bonchev–Trinajstić information content (AvgIpc) is 1.55. The van der Waals surface area contributed by atoms with Gasteiger partial charge in [0.25, 0.3) is 0 Å². The van der Waals surface area contributed by atoms with Gasteiger partial charge in [-0.25, -0.2) is 29.9 Å². The summed E-state index contributed by atoms with van der Waals surface area (Å²) in [6.07, 6.45) is 61.5. The Morgan fingerprint density at radius 2 is 0.471 bits per heavy atom. The Morgan fingerprint density at radius 3 is 0.719 bits per heavy atom. The number of thioether (sulfide) groups is 6. The molecule has 8 bridgehead atoms. The molecule has 0 fully saturated rings. The van der Waals surface area contributed by atoms with Gasteiger partial charge in [-0.05, 0) is 124 Å². The average molecular weight is 1760 g/mol. The Kier molecular flexibility index (Phi) is 42.7. The van der Waals surface area contributed by atoms with E-state index in [4.69, 9.17) is 58.3 Å². The molecule has 7 heterocycles. The molecule has 7 aromatic rings. The molecule has 0 unspecified atom stereocenters. The number of aromatic nitrogens is 8. The SMILES string of the molecule is CCCCCCCCOc1ccc(OCCCCCCCC)c2c1-c1nc-2nc2[nH]c(nc3nc(nc4[nH]c(n1)c1c(OCCCCCCCC)ccc(OCCCCCCCC)c41)-c1c(OCCCCCCCC)ccc(OCCCCCCCC)c1-3)c1c(CCCCCCCC)c3c(c(CCCCCCCC)c21)SC1(SC(SC)=C(SC)S1)S3. The van der Waals surface area contributed by atoms with Gasteiger partial charge in [0.2, 0.25) is 0 Å². The highest BCUT2D eigenvalue weighted by atomic mass is 32.3. The maximum absolute atomic E-state index is 7.25. The van der Waals surface area contributed by atoms with Gasteiger partial charge in [0.15, 0.2) is 26.0 Å². The van der Waals surface area contributed by atoms with Crippen molar-refractivity contribution in [3.05, 3.63) is 56.0 Å². The van der Waals surface area contributed by atoms with Crippen LogP contribution in [0.15, 0.2) is 54.7 Å². The third-order valence-corrected chi connectivity index (χ3v) is 33.5. The van der Waals surface area contributed by atoms with E-state index in [-0.39, 0.29) is 2.74 Å². The van der Waals surface area contributed by atoms with E-state index in [2.05, 4.69) is 161 Å². The molecule has 0 aliphatic carbocycles. The fraction of sp³-hybridized carbons (Fsp3) is 0.663. The molecule has 0 atom stereocenters. The van der Waals surface area contributed by atoms with Gasteiger partial charge in [0.05, 0.1) is 81.1 Å². The molecule has 11 rings (SSSR count). The van der Waals surface area contributed by atoms with E-state index < -0.39 is 0 Å². The monoisotopic (exact) mass is 1760 g/mol. The molecule has 1 spiro atoms. The normalized spacial score (nSPS) is 13.4. The molecule has 4 aliphatic heterocycles. The lowest BCUT2D eigenvalue weighted by molar-refractivity contribution is 0.298. The van der Waals surface area contributed by atoms with E-state index in [1.807, 2.05) is 23.5 Å². The van der Waals surface area contributed by atoms with Crippen LogP contribution >= 0.6 is 70.6 Å². The maximum atomic E-state index is 7.25. The van der Waals surface area contributed by atoms with Crippen LogP contribution in [0.1, 0.15) is 375 Å². The van der Waals surface area contributed by atoms with Crippen molar-refractivity contribution in [1.29, 1.82) is 0 Å². The molecule has 3 aromatic heterocycles. The molecular weight excluding hydrogens is 1610 g/mol. The first-order valence-corrected chi connectivity index (χ1v) is 54.3. The van der Waals surface area contributed by atoms with Crippen LogP contribution in [0, 0.1) is 0 Å². The number of H-pyrrole nitrogens is 2. The topological polar surface area (TPSA) is 164 Å². The summed E-state index contributed by atoms with van der Waals surface area (Å²) in [5.41, 5.74) is 8.27. The number of ether oxygens (including phenoxy) is 6. The molecule has 666 valence electrons. The minimum atomic E-state index is -0.254. The third kappa shape index (κ3) is 27.2. The van der Waals surface area contributed by atoms with Crippen molar-refractivity contribution in [3.8, 4) is 80.0 Å². The second-order valence-corrected chi connectivity index (χ2v) is 42.6. The van der Waals surface area contributed by atoms with Gasteiger partial charge >= 0.3 is 0 Å². The van der Waals surface area contributed by atoms with E-state index in [9.17, 15) is 0 Å². The van der Waals surface area contributed by atoms with Crippen molar-refractivity contribution in [3.63, 3.8) is 0 Å². The van der Waals surface area contributed by atoms with Gasteiger partial charge in [0, 0.05) is 20.6 Å². The van der Waals surface area contributed by atoms with Crippen LogP contribution in [-0.4, -0.2) is 94.8 Å². The van der Waals surface area contributed by atoms with E-state index in [1.165, 1.54) is 235 Å². The number of rotatable bonds is 64. The van der Waals surface area contributed by atoms with Gasteiger partial charge in [0.1, 0.15) is 57.1 Å². The first kappa shape index (κ1) is 96.5. The van der Waals surface area contributed by atoms with E-state index >= 15 is 0 Å². The molecule has 20 heteroatoms. The molecule has 0 saturated carbocycles. The van der Waals surface area contributed by atoms with Crippen LogP contribution in [0.5, 0.6) is 34.5 Å². The summed E-state index contributed by atoms with van der Waals surface area (Å²) in [5.74, 6) is 6.20. The number of benzene rings is 4. The molecule has 0 radical (unpaired) electrons. The zero-order valence-corrected chi connectivity index (χ0v) is 81.0. The minimum absolute atomic E-state index is 0.254. The minimum Gasteiger partial charge on any atom is -0.493 e. The Hall–Kier alpha value is -5.12. The van der Waals surface area contributed by atoms with Crippen molar-refractivity contribution in [2.24, 2.45) is 0 Å². The summed E-state index contributed by atoms with van der Waals surface area (Å²) in [6.45, 7) is 21.6. The van der Waals surface area contributed by atoms with Crippen LogP contribution in [0.3, 0.4) is 0 Å². The Bertz CT molecular complexity index is 4250. The van der Waals surface area contributed by atoms with Crippen LogP contribution in [-0.2, 0) is 12.8 Å². The van der Waals surface area contributed by atoms with Crippen LogP contribution in [0.2, 0.25) is 0 Å². The van der Waals surface area contributed by atoms with E-state index in [1.54, 1.807) is 0 Å². The first-order valence-electron chi connectivity index (χ1n) is 48.6. The number of fused-ring (bicyclic) bond motifs is 21. The van der Waals surface area contributed by atoms with Crippen molar-refractivity contribution in [2.45, 2.75) is 389 Å². The number of nitrogens with one attached hydrogen (secondary N) is 2. The predicted molar refractivity (Wildman–Crippen MR) is 527 cm³/mol. The number of nitrogens with zero attached hydrogens (tertiary/aromatic N) is 6. The summed E-state index contributed by atoms with van der Waals surface area (Å²) in [5, 5.41) is 3.75. The maximum Gasteiger partial charge on any atom is 0.172 e. The third-order valence-electron chi connectivity index (χ3n) is 24.1. The van der Waals surface area contributed by atoms with E-state index in [0.717, 1.165) is 171 Å². The molecule has 4 aliphatic rings. The van der Waals surface area contributed by atoms with Crippen molar-refractivity contribution >= 4 is 115 Å². The second kappa shape index (κ2) is 53.5. The van der Waals surface area contributed by atoms with E-state index in [0.29, 0.717) is 109 Å². The van der Waals surface area contributed by atoms with Crippen LogP contribution < -0.4 is 28.4 Å². The van der Waals surface area contributed by atoms with Gasteiger partial charge in [-0.1, -0.05) is 359 Å². The summed E-state index contributed by atoms with van der Waals surface area (Å²) in [6, 6.07) is 12.7. The van der Waals surface area contributed by atoms with Crippen molar-refractivity contribution < 1.29 is 28.4 Å². The highest BCUT2D eigenvalue weighted by Gasteiger charge is 2.50. The summed E-state index contributed by atoms with van der Waals surface area (Å²) in [7, 11) is 0. The van der Waals surface area contributed by atoms with Crippen LogP contribution in [0.4, 0.5) is 0 Å². The zero-order valence-electron chi connectivity index (χ0n) is 76.1. The van der Waals surface area contributed by atoms with Gasteiger partial charge in [-0.2, -0.15) is 0 Å². The summed E-state index contributed by atoms with van der Waals surface area (Å²) >= 11 is 12.1. The molecular formula is C101H150N8O6S6. The number of aryl methyl sites for hydroxylation is 2. The Labute approximate surface area is 754 Å². The lowest BCUT2D eigenvalue weighted by Crippen LogP contribution is -2.03. The number of aromatic amines is 2. The molecule has 2 N–H and O–H groups in total. The molecule has 4 aromatic carbocycles. The quantitative estimate of drug-likeness (QED) is 0.0346. The second-order valence-electron chi connectivity index (χ2n) is 34.0. The zero-order chi connectivity index (χ0) is 84.6. The summed E-state index contributed by atoms with van der Waals surface area (Å²) in [4.78, 5) is 47.0. The lowest BCUT2D eigenvalue weighted by atomic mass is 9.95. The fourth-order valence-corrected chi connectivity index (χ4v) is 27.9. The smallest absolute Gasteiger partial charge is 0.172 e. The Balaban J connectivity index is 1.28. The molecule has 0 saturated heterocycles. The number of hydrogen-bond donors (Lipinski definition) is 2. The summed E-state index contributed by atoms with van der Waals surface area (Å²) < 4.78 is 45.8. The van der Waals surface area contributed by atoms with Crippen molar-refractivity contribution in [1.82, 2.24) is 39.9 Å². The standard InChI is InChI=1S/C101H150N8O6S6/c1-11-19-27-35-43-51-59-73-81-82(74(60-52-44-36-28-20-12-2)90-89(73)118-101(119-90)120-99(116-9)100(117-10)121-101)92-102-91(81)103-93-83-75(110-67-53-45-37-29-21-13-3)61-63-77(112-69-55-47-39-31-23-15-5)85(83)95(105-93)107-97-87-79(114-71-57-49-41-33-25-17-7)65-66-80(115-72-58-50-42-34-26-18-8)88(87)98(109-97)108-96-86-78(113-70-56-48-40-32-24-16-6)64-62-76(84(86)94(104-92)106-96)111-68-54-46-38-30-22-14-4/h61-66H,11-60,67-72H2,1-10H3,(H2,102,103,104,105,106,107,108,109). The fourth-order valence-electron chi connectivity index (χ4n) is 17.3. The van der Waals surface area contributed by atoms with Gasteiger partial charge in [-0.3, -0.25) is 0 Å². The lowest BCUT2D eigenvalue weighted by Gasteiger charge is -2.19. The molecule has 14 nitrogen and oxygen atoms in total. The van der Waals surface area contributed by atoms with Crippen LogP contribution in [0.25, 0.3) is 89.7 Å². The predicted octanol–water partition coefficient (Wildman–Crippen LogP) is 33.3. The Morgan fingerprint density at radius 1 is 0.256 bits per heavy atom. The number of hydrogen-bond acceptors (Lipinski definition) is 18. The first-order chi connectivity index (χ1) is 59.7. The van der Waals surface area contributed by atoms with Crippen molar-refractivity contribution in [2.75, 3.05) is 52.2 Å². The van der Waals surface area contributed by atoms with Gasteiger partial charge < -0.3 is 38.4 Å². The molecule has 0 amide bonds. The highest BCUT2D eigenvalue weighted by Crippen LogP contribution is 2.77. The van der Waals surface area contributed by atoms with Gasteiger partial charge in [-0.15, -0.1) is 23.5 Å². The molecule has 121 heavy (non-hydrogen) atoms. The highest BCUT2D eigenvalue weighted by molar-refractivity contribution is 8.56. The largest absolute Gasteiger partial charge is 0.493 e. The number of unbranched alkanes of at least 4 members (excludes halogenated alkanes) is 40.